The summed E-state index contributed by atoms with van der Waals surface area (Å²) in [6.07, 6.45) is 5.98. The Labute approximate surface area is 102 Å². The normalized spacial score (nSPS) is 11.9. The fourth-order valence-electron chi connectivity index (χ4n) is 1.80. The van der Waals surface area contributed by atoms with Gasteiger partial charge in [0.25, 0.3) is 0 Å². The van der Waals surface area contributed by atoms with E-state index in [1.54, 1.807) is 0 Å². The van der Waals surface area contributed by atoms with Gasteiger partial charge in [-0.1, -0.05) is 6.08 Å². The molecule has 0 aliphatic carbocycles. The second-order valence-corrected chi connectivity index (χ2v) is 4.22. The number of rotatable bonds is 2. The monoisotopic (exact) mass is 227 g/mol. The van der Waals surface area contributed by atoms with Crippen LogP contribution in [0.2, 0.25) is 0 Å². The smallest absolute Gasteiger partial charge is 0.0930 e. The minimum absolute atomic E-state index is 0.995. The van der Waals surface area contributed by atoms with Crippen LogP contribution in [0.5, 0.6) is 0 Å². The summed E-state index contributed by atoms with van der Waals surface area (Å²) in [5.74, 6) is 0. The fraction of sp³-hybridized carbons (Fsp3) is 0.286. The summed E-state index contributed by atoms with van der Waals surface area (Å²) in [5, 5.41) is 4.46. The van der Waals surface area contributed by atoms with Crippen LogP contribution in [0.1, 0.15) is 25.1 Å². The molecule has 0 saturated heterocycles. The summed E-state index contributed by atoms with van der Waals surface area (Å²) in [4.78, 5) is 4.37. The maximum atomic E-state index is 4.46. The number of allylic oxidation sites excluding steroid dienone is 2. The van der Waals surface area contributed by atoms with E-state index >= 15 is 0 Å². The zero-order chi connectivity index (χ0) is 12.4. The summed E-state index contributed by atoms with van der Waals surface area (Å²) in [6.45, 7) is 6.14. The highest BCUT2D eigenvalue weighted by molar-refractivity contribution is 5.78. The van der Waals surface area contributed by atoms with Crippen molar-refractivity contribution < 1.29 is 0 Å². The predicted octanol–water partition coefficient (Wildman–Crippen LogP) is 3.21. The molecule has 3 heteroatoms. The van der Waals surface area contributed by atoms with Gasteiger partial charge in [0.1, 0.15) is 0 Å². The Morgan fingerprint density at radius 2 is 2.18 bits per heavy atom. The summed E-state index contributed by atoms with van der Waals surface area (Å²) < 4.78 is 1.82. The van der Waals surface area contributed by atoms with Crippen molar-refractivity contribution in [3.63, 3.8) is 0 Å². The van der Waals surface area contributed by atoms with E-state index in [9.17, 15) is 0 Å². The van der Waals surface area contributed by atoms with Gasteiger partial charge in [-0.25, -0.2) is 0 Å². The lowest BCUT2D eigenvalue weighted by Gasteiger charge is -2.08. The highest BCUT2D eigenvalue weighted by Gasteiger charge is 2.09. The average Bonchev–Trinajstić information content (AvgIpc) is 2.75. The number of hydrogen-bond acceptors (Lipinski definition) is 2. The quantitative estimate of drug-likeness (QED) is 0.788. The molecule has 0 aliphatic heterocycles. The number of hydrogen-bond donors (Lipinski definition) is 0. The van der Waals surface area contributed by atoms with E-state index in [0.29, 0.717) is 0 Å². The minimum atomic E-state index is 0.995. The molecule has 2 heterocycles. The molecule has 88 valence electrons. The Morgan fingerprint density at radius 3 is 2.76 bits per heavy atom. The van der Waals surface area contributed by atoms with Gasteiger partial charge in [-0.15, -0.1) is 0 Å². The van der Waals surface area contributed by atoms with Gasteiger partial charge in [0, 0.05) is 36.3 Å². The van der Waals surface area contributed by atoms with Gasteiger partial charge in [0.15, 0.2) is 0 Å². The van der Waals surface area contributed by atoms with Gasteiger partial charge in [0.2, 0.25) is 0 Å². The van der Waals surface area contributed by atoms with Crippen LogP contribution < -0.4 is 0 Å². The van der Waals surface area contributed by atoms with E-state index in [2.05, 4.69) is 29.1 Å². The van der Waals surface area contributed by atoms with Crippen LogP contribution in [-0.4, -0.2) is 14.8 Å². The van der Waals surface area contributed by atoms with E-state index in [0.717, 1.165) is 22.5 Å². The number of aromatic nitrogens is 3. The average molecular weight is 227 g/mol. The zero-order valence-corrected chi connectivity index (χ0v) is 10.7. The lowest BCUT2D eigenvalue weighted by atomic mass is 10.0. The van der Waals surface area contributed by atoms with Crippen molar-refractivity contribution in [2.45, 2.75) is 20.8 Å². The van der Waals surface area contributed by atoms with Crippen LogP contribution >= 0.6 is 0 Å². The summed E-state index contributed by atoms with van der Waals surface area (Å²) in [5.41, 5.74) is 5.52. The van der Waals surface area contributed by atoms with Crippen molar-refractivity contribution >= 4 is 5.57 Å². The predicted molar refractivity (Wildman–Crippen MR) is 70.5 cm³/mol. The van der Waals surface area contributed by atoms with Gasteiger partial charge in [-0.05, 0) is 38.5 Å². The minimum Gasteiger partial charge on any atom is -0.275 e. The molecular weight excluding hydrogens is 210 g/mol. The third kappa shape index (κ3) is 2.28. The van der Waals surface area contributed by atoms with Crippen LogP contribution in [-0.2, 0) is 7.05 Å². The summed E-state index contributed by atoms with van der Waals surface area (Å²) in [6, 6.07) is 4.12. The van der Waals surface area contributed by atoms with Gasteiger partial charge < -0.3 is 0 Å². The van der Waals surface area contributed by atoms with Crippen molar-refractivity contribution in [3.05, 3.63) is 41.9 Å². The van der Waals surface area contributed by atoms with Crippen LogP contribution in [0.25, 0.3) is 16.8 Å². The maximum absolute atomic E-state index is 4.46. The third-order valence-corrected chi connectivity index (χ3v) is 2.89. The van der Waals surface area contributed by atoms with E-state index < -0.39 is 0 Å². The number of aryl methyl sites for hydroxylation is 2. The molecular formula is C14H17N3. The van der Waals surface area contributed by atoms with E-state index in [4.69, 9.17) is 0 Å². The van der Waals surface area contributed by atoms with E-state index in [1.165, 1.54) is 5.57 Å². The molecule has 0 bridgehead atoms. The van der Waals surface area contributed by atoms with Crippen LogP contribution in [0.4, 0.5) is 0 Å². The van der Waals surface area contributed by atoms with E-state index in [-0.39, 0.29) is 0 Å². The summed E-state index contributed by atoms with van der Waals surface area (Å²) in [7, 11) is 1.93. The van der Waals surface area contributed by atoms with Gasteiger partial charge in [-0.2, -0.15) is 5.10 Å². The molecule has 2 aromatic heterocycles. The topological polar surface area (TPSA) is 30.7 Å². The van der Waals surface area contributed by atoms with Gasteiger partial charge >= 0.3 is 0 Å². The maximum Gasteiger partial charge on any atom is 0.0930 e. The van der Waals surface area contributed by atoms with Crippen molar-refractivity contribution in [2.75, 3.05) is 0 Å². The first-order valence-corrected chi connectivity index (χ1v) is 5.71. The van der Waals surface area contributed by atoms with Gasteiger partial charge in [-0.3, -0.25) is 9.67 Å². The Morgan fingerprint density at radius 1 is 1.41 bits per heavy atom. The molecule has 0 radical (unpaired) electrons. The SMILES string of the molecule is C/C=C(\C)c1cnc(C)cc1-c1ccn(C)n1. The third-order valence-electron chi connectivity index (χ3n) is 2.89. The number of nitrogens with zero attached hydrogens (tertiary/aromatic N) is 3. The van der Waals surface area contributed by atoms with Crippen molar-refractivity contribution in [2.24, 2.45) is 7.05 Å². The van der Waals surface area contributed by atoms with E-state index in [1.807, 2.05) is 44.0 Å². The van der Waals surface area contributed by atoms with Crippen LogP contribution in [0.15, 0.2) is 30.6 Å². The molecule has 2 rings (SSSR count). The molecule has 0 amide bonds. The lowest BCUT2D eigenvalue weighted by molar-refractivity contribution is 0.770. The second kappa shape index (κ2) is 4.53. The van der Waals surface area contributed by atoms with Crippen LogP contribution in [0.3, 0.4) is 0 Å². The molecule has 3 nitrogen and oxygen atoms in total. The Balaban J connectivity index is 2.62. The molecule has 0 aliphatic rings. The largest absolute Gasteiger partial charge is 0.275 e. The Bertz CT molecular complexity index is 565. The number of pyridine rings is 1. The van der Waals surface area contributed by atoms with Crippen molar-refractivity contribution in [1.82, 2.24) is 14.8 Å². The molecule has 17 heavy (non-hydrogen) atoms. The van der Waals surface area contributed by atoms with Gasteiger partial charge in [0.05, 0.1) is 5.69 Å². The second-order valence-electron chi connectivity index (χ2n) is 4.22. The first kappa shape index (κ1) is 11.6. The van der Waals surface area contributed by atoms with Crippen molar-refractivity contribution in [3.8, 4) is 11.3 Å². The first-order valence-electron chi connectivity index (χ1n) is 5.71. The molecule has 0 unspecified atom stereocenters. The van der Waals surface area contributed by atoms with Crippen LogP contribution in [0, 0.1) is 6.92 Å². The molecule has 0 saturated carbocycles. The molecule has 0 atom stereocenters. The standard InChI is InChI=1S/C14H17N3/c1-5-10(2)13-9-15-11(3)8-12(13)14-6-7-17(4)16-14/h5-9H,1-4H3/b10-5+. The molecule has 0 N–H and O–H groups in total. The molecule has 0 spiro atoms. The fourth-order valence-corrected chi connectivity index (χ4v) is 1.80. The molecule has 0 aromatic carbocycles. The Hall–Kier alpha value is -1.90. The molecule has 2 aromatic rings. The summed E-state index contributed by atoms with van der Waals surface area (Å²) >= 11 is 0. The lowest BCUT2D eigenvalue weighted by Crippen LogP contribution is -1.94. The zero-order valence-electron chi connectivity index (χ0n) is 10.7. The highest BCUT2D eigenvalue weighted by atomic mass is 15.2. The highest BCUT2D eigenvalue weighted by Crippen LogP contribution is 2.27. The molecule has 0 fully saturated rings. The Kier molecular flexibility index (Phi) is 3.09. The first-order chi connectivity index (χ1) is 8.11. The van der Waals surface area contributed by atoms with Crippen molar-refractivity contribution in [1.29, 1.82) is 0 Å².